The molecule has 0 saturated carbocycles. The highest BCUT2D eigenvalue weighted by molar-refractivity contribution is 7.91. The SMILES string of the molecule is CCN(CC(C)(C)CS(=O)(=O)c1ccc(OC/C(=C/F)CN)cc1)C(=O)C(C)C. The van der Waals surface area contributed by atoms with Crippen molar-refractivity contribution in [1.29, 1.82) is 0 Å². The van der Waals surface area contributed by atoms with Gasteiger partial charge >= 0.3 is 0 Å². The lowest BCUT2D eigenvalue weighted by molar-refractivity contribution is -0.135. The smallest absolute Gasteiger partial charge is 0.225 e. The van der Waals surface area contributed by atoms with Crippen LogP contribution in [0, 0.1) is 11.3 Å². The topological polar surface area (TPSA) is 89.7 Å². The molecule has 6 nitrogen and oxygen atoms in total. The molecule has 2 N–H and O–H groups in total. The van der Waals surface area contributed by atoms with Crippen molar-refractivity contribution in [3.8, 4) is 5.75 Å². The molecule has 0 aliphatic rings. The molecule has 0 heterocycles. The van der Waals surface area contributed by atoms with Gasteiger partial charge in [-0.1, -0.05) is 27.7 Å². The fourth-order valence-electron chi connectivity index (χ4n) is 2.92. The number of amides is 1. The van der Waals surface area contributed by atoms with E-state index >= 15 is 0 Å². The Morgan fingerprint density at radius 2 is 1.86 bits per heavy atom. The maximum absolute atomic E-state index is 12.9. The fraction of sp³-hybridized carbons (Fsp3) is 0.571. The largest absolute Gasteiger partial charge is 0.489 e. The van der Waals surface area contributed by atoms with E-state index in [-0.39, 0.29) is 35.6 Å². The monoisotopic (exact) mass is 428 g/mol. The van der Waals surface area contributed by atoms with Crippen LogP contribution in [-0.4, -0.2) is 51.2 Å². The summed E-state index contributed by atoms with van der Waals surface area (Å²) in [6.07, 6.45) is 0.407. The van der Waals surface area contributed by atoms with Gasteiger partial charge in [0.2, 0.25) is 5.91 Å². The van der Waals surface area contributed by atoms with Crippen molar-refractivity contribution in [2.24, 2.45) is 17.1 Å². The lowest BCUT2D eigenvalue weighted by atomic mass is 9.95. The number of ether oxygens (including phenoxy) is 1. The molecule has 0 aliphatic heterocycles. The van der Waals surface area contributed by atoms with Crippen LogP contribution in [0.5, 0.6) is 5.75 Å². The summed E-state index contributed by atoms with van der Waals surface area (Å²) in [4.78, 5) is 14.2. The fourth-order valence-corrected chi connectivity index (χ4v) is 4.76. The van der Waals surface area contributed by atoms with Gasteiger partial charge in [0.1, 0.15) is 12.4 Å². The van der Waals surface area contributed by atoms with Crippen molar-refractivity contribution >= 4 is 15.7 Å². The standard InChI is InChI=1S/C21H33FN2O4S/c1-6-24(20(25)16(2)3)14-21(4,5)15-29(26,27)19-9-7-18(8-10-19)28-13-17(11-22)12-23/h7-11,16H,6,12-15,23H2,1-5H3/b17-11+. The van der Waals surface area contributed by atoms with E-state index in [0.717, 1.165) is 0 Å². The Morgan fingerprint density at radius 1 is 1.28 bits per heavy atom. The summed E-state index contributed by atoms with van der Waals surface area (Å²) in [5.41, 5.74) is 5.07. The first-order valence-electron chi connectivity index (χ1n) is 9.68. The lowest BCUT2D eigenvalue weighted by Gasteiger charge is -2.33. The first-order valence-corrected chi connectivity index (χ1v) is 11.3. The molecule has 0 aromatic heterocycles. The number of sulfone groups is 1. The molecule has 0 radical (unpaired) electrons. The second kappa shape index (κ2) is 10.7. The number of hydrogen-bond donors (Lipinski definition) is 1. The van der Waals surface area contributed by atoms with Crippen LogP contribution in [-0.2, 0) is 14.6 Å². The van der Waals surface area contributed by atoms with Crippen molar-refractivity contribution in [2.45, 2.75) is 39.5 Å². The molecule has 29 heavy (non-hydrogen) atoms. The summed E-state index contributed by atoms with van der Waals surface area (Å²) in [5, 5.41) is 0. The van der Waals surface area contributed by atoms with Crippen LogP contribution in [0.1, 0.15) is 34.6 Å². The molecular weight excluding hydrogens is 395 g/mol. The summed E-state index contributed by atoms with van der Waals surface area (Å²) >= 11 is 0. The van der Waals surface area contributed by atoms with E-state index in [9.17, 15) is 17.6 Å². The van der Waals surface area contributed by atoms with Crippen LogP contribution in [0.4, 0.5) is 4.39 Å². The Balaban J connectivity index is 2.86. The lowest BCUT2D eigenvalue weighted by Crippen LogP contribution is -2.43. The van der Waals surface area contributed by atoms with Gasteiger partial charge in [-0.05, 0) is 36.6 Å². The molecular formula is C21H33FN2O4S. The maximum atomic E-state index is 12.9. The number of halogens is 1. The zero-order chi connectivity index (χ0) is 22.2. The molecule has 0 fully saturated rings. The van der Waals surface area contributed by atoms with Crippen molar-refractivity contribution in [3.63, 3.8) is 0 Å². The number of carbonyl (C=O) groups excluding carboxylic acids is 1. The molecule has 0 spiro atoms. The quantitative estimate of drug-likeness (QED) is 0.585. The highest BCUT2D eigenvalue weighted by Crippen LogP contribution is 2.26. The van der Waals surface area contributed by atoms with Crippen molar-refractivity contribution < 1.29 is 22.3 Å². The van der Waals surface area contributed by atoms with Gasteiger partial charge in [-0.3, -0.25) is 4.79 Å². The van der Waals surface area contributed by atoms with E-state index in [1.807, 2.05) is 34.6 Å². The predicted molar refractivity (Wildman–Crippen MR) is 113 cm³/mol. The first kappa shape index (κ1) is 25.1. The average molecular weight is 429 g/mol. The number of carbonyl (C=O) groups is 1. The minimum absolute atomic E-state index is 0.00284. The van der Waals surface area contributed by atoms with Gasteiger partial charge in [-0.2, -0.15) is 0 Å². The van der Waals surface area contributed by atoms with Gasteiger partial charge < -0.3 is 15.4 Å². The average Bonchev–Trinajstić information content (AvgIpc) is 2.65. The van der Waals surface area contributed by atoms with Crippen LogP contribution in [0.3, 0.4) is 0 Å². The van der Waals surface area contributed by atoms with E-state index in [1.54, 1.807) is 4.90 Å². The van der Waals surface area contributed by atoms with E-state index < -0.39 is 15.3 Å². The van der Waals surface area contributed by atoms with Crippen LogP contribution in [0.15, 0.2) is 41.1 Å². The molecule has 0 bridgehead atoms. The molecule has 1 aromatic carbocycles. The third-order valence-corrected chi connectivity index (χ3v) is 6.56. The summed E-state index contributed by atoms with van der Waals surface area (Å²) in [7, 11) is -3.56. The number of rotatable bonds is 11. The zero-order valence-corrected chi connectivity index (χ0v) is 18.8. The van der Waals surface area contributed by atoms with Gasteiger partial charge in [0.15, 0.2) is 9.84 Å². The first-order chi connectivity index (χ1) is 13.5. The maximum Gasteiger partial charge on any atom is 0.225 e. The van der Waals surface area contributed by atoms with Crippen LogP contribution in [0.2, 0.25) is 0 Å². The summed E-state index contributed by atoms with van der Waals surface area (Å²) in [6, 6.07) is 6.01. The second-order valence-corrected chi connectivity index (χ2v) is 10.2. The van der Waals surface area contributed by atoms with Gasteiger partial charge in [0.25, 0.3) is 0 Å². The Morgan fingerprint density at radius 3 is 2.31 bits per heavy atom. The van der Waals surface area contributed by atoms with Crippen molar-refractivity contribution in [3.05, 3.63) is 36.2 Å². The highest BCUT2D eigenvalue weighted by Gasteiger charge is 2.31. The van der Waals surface area contributed by atoms with Gasteiger partial charge in [-0.25, -0.2) is 12.8 Å². The van der Waals surface area contributed by atoms with Crippen LogP contribution in [0.25, 0.3) is 0 Å². The normalized spacial score (nSPS) is 12.9. The van der Waals surface area contributed by atoms with Crippen molar-refractivity contribution in [2.75, 3.05) is 32.0 Å². The Hall–Kier alpha value is -1.93. The van der Waals surface area contributed by atoms with E-state index in [4.69, 9.17) is 10.5 Å². The molecule has 1 aromatic rings. The van der Waals surface area contributed by atoms with Crippen molar-refractivity contribution in [1.82, 2.24) is 4.90 Å². The van der Waals surface area contributed by atoms with Crippen LogP contribution >= 0.6 is 0 Å². The minimum Gasteiger partial charge on any atom is -0.489 e. The molecule has 0 unspecified atom stereocenters. The molecule has 0 saturated heterocycles. The van der Waals surface area contributed by atoms with E-state index in [1.165, 1.54) is 24.3 Å². The molecule has 0 atom stereocenters. The predicted octanol–water partition coefficient (Wildman–Crippen LogP) is 3.18. The van der Waals surface area contributed by atoms with Gasteiger partial charge in [-0.15, -0.1) is 0 Å². The third-order valence-electron chi connectivity index (χ3n) is 4.41. The molecule has 8 heteroatoms. The molecule has 1 amide bonds. The third kappa shape index (κ3) is 7.78. The van der Waals surface area contributed by atoms with E-state index in [0.29, 0.717) is 30.7 Å². The number of benzene rings is 1. The Kier molecular flexibility index (Phi) is 9.29. The number of nitrogens with two attached hydrogens (primary N) is 1. The Labute approximate surface area is 173 Å². The summed E-state index contributed by atoms with van der Waals surface area (Å²) < 4.78 is 43.7. The van der Waals surface area contributed by atoms with Crippen LogP contribution < -0.4 is 10.5 Å². The summed E-state index contributed by atoms with van der Waals surface area (Å²) in [6.45, 7) is 10.2. The number of hydrogen-bond acceptors (Lipinski definition) is 5. The molecule has 0 aliphatic carbocycles. The minimum atomic E-state index is -3.56. The van der Waals surface area contributed by atoms with E-state index in [2.05, 4.69) is 0 Å². The zero-order valence-electron chi connectivity index (χ0n) is 17.9. The Bertz CT molecular complexity index is 802. The van der Waals surface area contributed by atoms with Gasteiger partial charge in [0, 0.05) is 31.1 Å². The number of nitrogens with zero attached hydrogens (tertiary/aromatic N) is 1. The molecule has 164 valence electrons. The summed E-state index contributed by atoms with van der Waals surface area (Å²) in [5.74, 6) is 0.209. The highest BCUT2D eigenvalue weighted by atomic mass is 32.2. The second-order valence-electron chi connectivity index (χ2n) is 8.16. The van der Waals surface area contributed by atoms with Gasteiger partial charge in [0.05, 0.1) is 17.0 Å². The molecule has 1 rings (SSSR count).